The molecule has 61 heavy (non-hydrogen) atoms. The van der Waals surface area contributed by atoms with E-state index in [1.807, 2.05) is 55.5 Å². The first-order valence-corrected chi connectivity index (χ1v) is 21.7. The average Bonchev–Trinajstić information content (AvgIpc) is 3.28. The monoisotopic (exact) mass is 830 g/mol. The van der Waals surface area contributed by atoms with Gasteiger partial charge in [-0.05, 0) is 104 Å². The third kappa shape index (κ3) is 9.24. The standard InChI is InChI=1S/C50H58N2O9/c1-4-27-58-50-46(52(49(56)57-5-2)32-37-19-14-18-35-16-7-8-21-40(35)37)31-44(51-59-6-3)42-29-36(17-9-11-25-53)41(22-10-12-26-54)47(48(42)50)43-30-39(23-24-45(43)61-50)60-38-20-13-15-34(28-38)33-55/h4,7-8,13-16,18-21,23-24,28-30,33,36,41,46-48,53-54H,1,5-6,9-12,17,22,25-27,31-32H2,2-3H3/t36-,41+,46-,47+,48+,50+/m0/s1. The number of hydrogen-bond acceptors (Lipinski definition) is 10. The number of aldehydes is 1. The third-order valence-corrected chi connectivity index (χ3v) is 12.3. The Labute approximate surface area is 358 Å². The second-order valence-electron chi connectivity index (χ2n) is 15.9. The van der Waals surface area contributed by atoms with Gasteiger partial charge in [0.15, 0.2) is 0 Å². The van der Waals surface area contributed by atoms with E-state index in [1.165, 1.54) is 0 Å². The van der Waals surface area contributed by atoms with Crippen molar-refractivity contribution in [1.82, 2.24) is 4.90 Å². The van der Waals surface area contributed by atoms with Crippen LogP contribution in [-0.4, -0.2) is 78.1 Å². The van der Waals surface area contributed by atoms with Gasteiger partial charge in [0, 0.05) is 36.7 Å². The first kappa shape index (κ1) is 43.6. The van der Waals surface area contributed by atoms with Crippen LogP contribution in [0.1, 0.15) is 86.2 Å². The molecule has 0 saturated heterocycles. The highest BCUT2D eigenvalue weighted by Crippen LogP contribution is 2.62. The Morgan fingerprint density at radius 2 is 1.70 bits per heavy atom. The van der Waals surface area contributed by atoms with Crippen LogP contribution in [-0.2, 0) is 20.9 Å². The van der Waals surface area contributed by atoms with E-state index in [9.17, 15) is 19.8 Å². The predicted molar refractivity (Wildman–Crippen MR) is 235 cm³/mol. The first-order chi connectivity index (χ1) is 29.9. The molecule has 1 heterocycles. The highest BCUT2D eigenvalue weighted by molar-refractivity contribution is 6.03. The Balaban J connectivity index is 1.46. The third-order valence-electron chi connectivity index (χ3n) is 12.3. The molecular weight excluding hydrogens is 773 g/mol. The first-order valence-electron chi connectivity index (χ1n) is 21.7. The second-order valence-corrected chi connectivity index (χ2v) is 15.9. The quantitative estimate of drug-likeness (QED) is 0.0386. The Morgan fingerprint density at radius 1 is 0.934 bits per heavy atom. The van der Waals surface area contributed by atoms with Crippen LogP contribution in [0.15, 0.2) is 114 Å². The molecule has 0 spiro atoms. The fourth-order valence-corrected chi connectivity index (χ4v) is 9.76. The number of aliphatic hydroxyl groups excluding tert-OH is 2. The van der Waals surface area contributed by atoms with Crippen LogP contribution in [0, 0.1) is 17.8 Å². The maximum absolute atomic E-state index is 14.6. The largest absolute Gasteiger partial charge is 0.459 e. The summed E-state index contributed by atoms with van der Waals surface area (Å²) in [6.45, 7) is 8.77. The minimum Gasteiger partial charge on any atom is -0.459 e. The van der Waals surface area contributed by atoms with Crippen molar-refractivity contribution in [3.05, 3.63) is 126 Å². The summed E-state index contributed by atoms with van der Waals surface area (Å²) in [5.41, 5.74) is 4.02. The van der Waals surface area contributed by atoms with Crippen molar-refractivity contribution in [1.29, 1.82) is 0 Å². The highest BCUT2D eigenvalue weighted by atomic mass is 16.7. The zero-order valence-electron chi connectivity index (χ0n) is 35.2. The fraction of sp³-hybridized carbons (Fsp3) is 0.420. The number of amides is 1. The van der Waals surface area contributed by atoms with Gasteiger partial charge in [-0.15, -0.1) is 6.58 Å². The average molecular weight is 831 g/mol. The van der Waals surface area contributed by atoms with Gasteiger partial charge in [0.05, 0.1) is 31.4 Å². The molecule has 4 aromatic carbocycles. The van der Waals surface area contributed by atoms with Crippen LogP contribution in [0.4, 0.5) is 4.79 Å². The smallest absolute Gasteiger partial charge is 0.410 e. The lowest BCUT2D eigenvalue weighted by Crippen LogP contribution is -2.70. The lowest BCUT2D eigenvalue weighted by molar-refractivity contribution is -0.256. The number of unbranched alkanes of at least 4 members (excludes halogenated alkanes) is 2. The van der Waals surface area contributed by atoms with Crippen LogP contribution in [0.25, 0.3) is 10.8 Å². The summed E-state index contributed by atoms with van der Waals surface area (Å²) in [5, 5.41) is 26.7. The van der Waals surface area contributed by atoms with Crippen LogP contribution < -0.4 is 9.47 Å². The molecule has 11 heteroatoms. The van der Waals surface area contributed by atoms with Gasteiger partial charge in [0.2, 0.25) is 5.79 Å². The Hall–Kier alpha value is -5.49. The van der Waals surface area contributed by atoms with Gasteiger partial charge in [0.1, 0.15) is 36.2 Å². The number of benzene rings is 4. The molecule has 1 fully saturated rings. The summed E-state index contributed by atoms with van der Waals surface area (Å²) >= 11 is 0. The van der Waals surface area contributed by atoms with Crippen molar-refractivity contribution >= 4 is 28.9 Å². The van der Waals surface area contributed by atoms with Crippen LogP contribution in [0.5, 0.6) is 17.2 Å². The molecule has 11 nitrogen and oxygen atoms in total. The molecule has 0 unspecified atom stereocenters. The molecule has 1 aliphatic heterocycles. The second kappa shape index (κ2) is 20.4. The summed E-state index contributed by atoms with van der Waals surface area (Å²) in [6, 6.07) is 26.3. The number of fused-ring (bicyclic) bond motifs is 3. The zero-order chi connectivity index (χ0) is 42.8. The van der Waals surface area contributed by atoms with Gasteiger partial charge >= 0.3 is 6.09 Å². The maximum Gasteiger partial charge on any atom is 0.410 e. The normalized spacial score (nSPS) is 23.2. The molecule has 2 N–H and O–H groups in total. The topological polar surface area (TPSA) is 136 Å². The van der Waals surface area contributed by atoms with Crippen molar-refractivity contribution in [2.75, 3.05) is 33.0 Å². The number of rotatable bonds is 20. The van der Waals surface area contributed by atoms with Gasteiger partial charge in [-0.2, -0.15) is 0 Å². The predicted octanol–water partition coefficient (Wildman–Crippen LogP) is 9.76. The van der Waals surface area contributed by atoms with Crippen molar-refractivity contribution in [2.24, 2.45) is 22.9 Å². The maximum atomic E-state index is 14.6. The fourth-order valence-electron chi connectivity index (χ4n) is 9.76. The molecule has 0 radical (unpaired) electrons. The van der Waals surface area contributed by atoms with Gasteiger partial charge < -0.3 is 34.0 Å². The zero-order valence-corrected chi connectivity index (χ0v) is 35.2. The molecule has 6 atom stereocenters. The number of hydrogen-bond donors (Lipinski definition) is 2. The summed E-state index contributed by atoms with van der Waals surface area (Å²) in [7, 11) is 0. The lowest BCUT2D eigenvalue weighted by atomic mass is 9.55. The van der Waals surface area contributed by atoms with Crippen LogP contribution in [0.2, 0.25) is 0 Å². The lowest BCUT2D eigenvalue weighted by Gasteiger charge is -2.59. The molecule has 0 aromatic heterocycles. The molecule has 7 rings (SSSR count). The van der Waals surface area contributed by atoms with Gasteiger partial charge in [-0.25, -0.2) is 4.79 Å². The Kier molecular flexibility index (Phi) is 14.6. The van der Waals surface area contributed by atoms with E-state index in [4.69, 9.17) is 28.9 Å². The minimum absolute atomic E-state index is 0.0307. The number of nitrogens with zero attached hydrogens (tertiary/aromatic N) is 2. The van der Waals surface area contributed by atoms with E-state index >= 15 is 0 Å². The van der Waals surface area contributed by atoms with Crippen molar-refractivity contribution < 1.29 is 43.6 Å². The van der Waals surface area contributed by atoms with Crippen LogP contribution >= 0.6 is 0 Å². The highest BCUT2D eigenvalue weighted by Gasteiger charge is 2.65. The number of ether oxygens (including phenoxy) is 4. The van der Waals surface area contributed by atoms with Gasteiger partial charge in [-0.1, -0.05) is 84.7 Å². The number of carbonyl (C=O) groups excluding carboxylic acids is 2. The van der Waals surface area contributed by atoms with Crippen molar-refractivity contribution in [2.45, 2.75) is 83.1 Å². The van der Waals surface area contributed by atoms with Gasteiger partial charge in [-0.3, -0.25) is 9.69 Å². The number of carbonyl (C=O) groups is 2. The number of oxime groups is 1. The molecular formula is C50H58N2O9. The van der Waals surface area contributed by atoms with E-state index in [0.29, 0.717) is 48.0 Å². The minimum atomic E-state index is -1.45. The molecule has 4 aromatic rings. The molecule has 2 aliphatic carbocycles. The molecule has 322 valence electrons. The van der Waals surface area contributed by atoms with E-state index < -0.39 is 23.8 Å². The van der Waals surface area contributed by atoms with E-state index in [1.54, 1.807) is 36.1 Å². The summed E-state index contributed by atoms with van der Waals surface area (Å²) in [4.78, 5) is 33.9. The summed E-state index contributed by atoms with van der Waals surface area (Å²) in [6.07, 6.45) is 9.10. The van der Waals surface area contributed by atoms with E-state index in [-0.39, 0.29) is 57.1 Å². The molecule has 1 amide bonds. The number of aliphatic hydroxyl groups is 2. The molecule has 0 bridgehead atoms. The van der Waals surface area contributed by atoms with Crippen molar-refractivity contribution in [3.63, 3.8) is 0 Å². The molecule has 3 aliphatic rings. The van der Waals surface area contributed by atoms with Crippen LogP contribution in [0.3, 0.4) is 0 Å². The Morgan fingerprint density at radius 3 is 2.48 bits per heavy atom. The Bertz CT molecular complexity index is 2210. The molecule has 1 saturated carbocycles. The summed E-state index contributed by atoms with van der Waals surface area (Å²) in [5.74, 6) is -0.388. The van der Waals surface area contributed by atoms with E-state index in [0.717, 1.165) is 59.4 Å². The summed E-state index contributed by atoms with van der Waals surface area (Å²) < 4.78 is 26.8. The van der Waals surface area contributed by atoms with Gasteiger partial charge in [0.25, 0.3) is 0 Å². The number of allylic oxidation sites excluding steroid dienone is 1. The van der Waals surface area contributed by atoms with E-state index in [2.05, 4.69) is 30.9 Å². The van der Waals surface area contributed by atoms with Crippen molar-refractivity contribution in [3.8, 4) is 17.2 Å². The SMILES string of the molecule is C=CCO[C@@]12Oc3ccc(Oc4cccc(C=O)c4)cc3[C@H]3[C@H](CCCCO)[C@@H](CCCCO)C=C(C(=NOCC)C[C@@H]1N(Cc1cccc4ccccc14)C(=O)OCC)[C@H]32.